The molecule has 1 aliphatic carbocycles. The van der Waals surface area contributed by atoms with Crippen molar-refractivity contribution in [3.8, 4) is 0 Å². The van der Waals surface area contributed by atoms with Crippen molar-refractivity contribution in [1.29, 1.82) is 0 Å². The van der Waals surface area contributed by atoms with Crippen LogP contribution < -0.4 is 5.32 Å². The fraction of sp³-hybridized carbons (Fsp3) is 0.625. The molecule has 2 nitrogen and oxygen atoms in total. The zero-order valence-corrected chi connectivity index (χ0v) is 11.6. The second kappa shape index (κ2) is 6.35. The molecule has 1 fully saturated rings. The number of hydrogen-bond donors (Lipinski definition) is 1. The number of ether oxygens (including phenoxy) is 1. The molecule has 1 aromatic rings. The van der Waals surface area contributed by atoms with Crippen LogP contribution in [0, 0.1) is 0 Å². The third-order valence-electron chi connectivity index (χ3n) is 4.39. The fourth-order valence-electron chi connectivity index (χ4n) is 3.05. The van der Waals surface area contributed by atoms with Crippen LogP contribution in [0.1, 0.15) is 37.7 Å². The van der Waals surface area contributed by atoms with Crippen molar-refractivity contribution in [3.05, 3.63) is 35.9 Å². The van der Waals surface area contributed by atoms with E-state index in [4.69, 9.17) is 4.74 Å². The number of nitrogens with one attached hydrogen (secondary N) is 1. The summed E-state index contributed by atoms with van der Waals surface area (Å²) in [6.45, 7) is 0. The van der Waals surface area contributed by atoms with E-state index in [9.17, 15) is 0 Å². The third-order valence-corrected chi connectivity index (χ3v) is 4.39. The predicted molar refractivity (Wildman–Crippen MR) is 75.8 cm³/mol. The predicted octanol–water partition coefficient (Wildman–Crippen LogP) is 3.17. The van der Waals surface area contributed by atoms with Gasteiger partial charge in [-0.05, 0) is 51.1 Å². The Balaban J connectivity index is 1.81. The summed E-state index contributed by atoms with van der Waals surface area (Å²) in [4.78, 5) is 0. The molecule has 18 heavy (non-hydrogen) atoms. The van der Waals surface area contributed by atoms with Crippen molar-refractivity contribution in [3.63, 3.8) is 0 Å². The van der Waals surface area contributed by atoms with E-state index in [2.05, 4.69) is 42.7 Å². The smallest absolute Gasteiger partial charge is 0.0830 e. The Hall–Kier alpha value is -0.860. The largest absolute Gasteiger partial charge is 0.377 e. The Bertz CT molecular complexity index is 340. The van der Waals surface area contributed by atoms with Gasteiger partial charge in [-0.1, -0.05) is 30.3 Å². The molecule has 0 heterocycles. The van der Waals surface area contributed by atoms with Crippen molar-refractivity contribution in [2.75, 3.05) is 14.2 Å². The zero-order valence-electron chi connectivity index (χ0n) is 11.6. The summed E-state index contributed by atoms with van der Waals surface area (Å²) >= 11 is 0. The molecule has 1 N–H and O–H groups in total. The van der Waals surface area contributed by atoms with Gasteiger partial charge in [-0.15, -0.1) is 0 Å². The molecule has 0 radical (unpaired) electrons. The Labute approximate surface area is 111 Å². The van der Waals surface area contributed by atoms with Gasteiger partial charge in [0.1, 0.15) is 0 Å². The van der Waals surface area contributed by atoms with Crippen LogP contribution in [0.25, 0.3) is 0 Å². The molecule has 1 unspecified atom stereocenters. The van der Waals surface area contributed by atoms with Gasteiger partial charge in [-0.3, -0.25) is 0 Å². The standard InChI is InChI=1S/C16H25NO/c1-17-15(16(18-2)12-7-13-16)11-6-10-14-8-4-3-5-9-14/h3-5,8-9,15,17H,6-7,10-13H2,1-2H3. The average molecular weight is 247 g/mol. The minimum atomic E-state index is 0.117. The molecule has 0 aliphatic heterocycles. The molecule has 0 spiro atoms. The lowest BCUT2D eigenvalue weighted by Gasteiger charge is -2.46. The molecule has 2 rings (SSSR count). The van der Waals surface area contributed by atoms with Crippen LogP contribution in [-0.2, 0) is 11.2 Å². The van der Waals surface area contributed by atoms with E-state index >= 15 is 0 Å². The van der Waals surface area contributed by atoms with Gasteiger partial charge in [0.05, 0.1) is 5.60 Å². The average Bonchev–Trinajstić information content (AvgIpc) is 2.37. The molecule has 0 bridgehead atoms. The molecule has 0 saturated heterocycles. The van der Waals surface area contributed by atoms with Crippen LogP contribution in [-0.4, -0.2) is 25.8 Å². The van der Waals surface area contributed by atoms with Crippen molar-refractivity contribution in [2.45, 2.75) is 50.2 Å². The number of benzene rings is 1. The summed E-state index contributed by atoms with van der Waals surface area (Å²) in [5.41, 5.74) is 1.55. The monoisotopic (exact) mass is 247 g/mol. The van der Waals surface area contributed by atoms with Crippen molar-refractivity contribution in [1.82, 2.24) is 5.32 Å². The first kappa shape index (κ1) is 13.6. The van der Waals surface area contributed by atoms with Crippen LogP contribution >= 0.6 is 0 Å². The molecule has 2 heteroatoms. The maximum atomic E-state index is 5.77. The summed E-state index contributed by atoms with van der Waals surface area (Å²) in [6.07, 6.45) is 7.31. The lowest BCUT2D eigenvalue weighted by molar-refractivity contribution is -0.0987. The Kier molecular flexibility index (Phi) is 4.79. The van der Waals surface area contributed by atoms with Crippen LogP contribution in [0.3, 0.4) is 0 Å². The summed E-state index contributed by atoms with van der Waals surface area (Å²) in [6, 6.07) is 11.2. The summed E-state index contributed by atoms with van der Waals surface area (Å²) in [5, 5.41) is 3.46. The molecule has 0 amide bonds. The van der Waals surface area contributed by atoms with Gasteiger partial charge < -0.3 is 10.1 Å². The highest BCUT2D eigenvalue weighted by Gasteiger charge is 2.43. The van der Waals surface area contributed by atoms with E-state index in [1.807, 2.05) is 7.11 Å². The normalized spacial score (nSPS) is 19.2. The van der Waals surface area contributed by atoms with Crippen molar-refractivity contribution in [2.24, 2.45) is 0 Å². The highest BCUT2D eigenvalue weighted by molar-refractivity contribution is 5.14. The van der Waals surface area contributed by atoms with E-state index in [0.29, 0.717) is 6.04 Å². The Morgan fingerprint density at radius 3 is 2.50 bits per heavy atom. The molecule has 0 aromatic heterocycles. The second-order valence-electron chi connectivity index (χ2n) is 5.34. The number of aryl methyl sites for hydroxylation is 1. The first-order valence-corrected chi connectivity index (χ1v) is 7.07. The fourth-order valence-corrected chi connectivity index (χ4v) is 3.05. The van der Waals surface area contributed by atoms with E-state index in [-0.39, 0.29) is 5.60 Å². The van der Waals surface area contributed by atoms with E-state index < -0.39 is 0 Å². The zero-order chi connectivity index (χ0) is 12.8. The number of likely N-dealkylation sites (N-methyl/N-ethyl adjacent to an activating group) is 1. The van der Waals surface area contributed by atoms with Gasteiger partial charge in [0.15, 0.2) is 0 Å². The first-order valence-electron chi connectivity index (χ1n) is 7.07. The minimum absolute atomic E-state index is 0.117. The maximum absolute atomic E-state index is 5.77. The van der Waals surface area contributed by atoms with Crippen LogP contribution in [0.15, 0.2) is 30.3 Å². The third kappa shape index (κ3) is 2.93. The van der Waals surface area contributed by atoms with E-state index in [1.165, 1.54) is 44.1 Å². The summed E-state index contributed by atoms with van der Waals surface area (Å²) in [5.74, 6) is 0. The Morgan fingerprint density at radius 2 is 2.00 bits per heavy atom. The molecular weight excluding hydrogens is 222 g/mol. The van der Waals surface area contributed by atoms with Gasteiger partial charge in [0.2, 0.25) is 0 Å². The van der Waals surface area contributed by atoms with Gasteiger partial charge in [0.25, 0.3) is 0 Å². The summed E-state index contributed by atoms with van der Waals surface area (Å²) < 4.78 is 5.77. The number of methoxy groups -OCH3 is 1. The second-order valence-corrected chi connectivity index (χ2v) is 5.34. The number of rotatable bonds is 7. The topological polar surface area (TPSA) is 21.3 Å². The molecule has 1 aliphatic rings. The van der Waals surface area contributed by atoms with Crippen LogP contribution in [0.4, 0.5) is 0 Å². The lowest BCUT2D eigenvalue weighted by Crippen LogP contribution is -2.55. The molecule has 1 saturated carbocycles. The Morgan fingerprint density at radius 1 is 1.28 bits per heavy atom. The quantitative estimate of drug-likeness (QED) is 0.799. The summed E-state index contributed by atoms with van der Waals surface area (Å²) in [7, 11) is 3.92. The van der Waals surface area contributed by atoms with E-state index in [0.717, 1.165) is 0 Å². The molecule has 1 aromatic carbocycles. The van der Waals surface area contributed by atoms with Gasteiger partial charge in [-0.25, -0.2) is 0 Å². The van der Waals surface area contributed by atoms with Crippen LogP contribution in [0.5, 0.6) is 0 Å². The van der Waals surface area contributed by atoms with Gasteiger partial charge >= 0.3 is 0 Å². The van der Waals surface area contributed by atoms with Crippen molar-refractivity contribution < 1.29 is 4.74 Å². The van der Waals surface area contributed by atoms with Gasteiger partial charge in [-0.2, -0.15) is 0 Å². The highest BCUT2D eigenvalue weighted by Crippen LogP contribution is 2.39. The van der Waals surface area contributed by atoms with E-state index in [1.54, 1.807) is 0 Å². The van der Waals surface area contributed by atoms with Gasteiger partial charge in [0, 0.05) is 13.2 Å². The lowest BCUT2D eigenvalue weighted by atomic mass is 9.73. The number of hydrogen-bond acceptors (Lipinski definition) is 2. The van der Waals surface area contributed by atoms with Crippen LogP contribution in [0.2, 0.25) is 0 Å². The minimum Gasteiger partial charge on any atom is -0.377 e. The maximum Gasteiger partial charge on any atom is 0.0830 e. The SMILES string of the molecule is CNC(CCCc1ccccc1)C1(OC)CCC1. The molecular formula is C16H25NO. The molecule has 100 valence electrons. The first-order chi connectivity index (χ1) is 8.80. The highest BCUT2D eigenvalue weighted by atomic mass is 16.5. The molecule has 1 atom stereocenters. The van der Waals surface area contributed by atoms with Crippen molar-refractivity contribution >= 4 is 0 Å².